The van der Waals surface area contributed by atoms with Crippen LogP contribution in [0.25, 0.3) is 0 Å². The van der Waals surface area contributed by atoms with E-state index >= 15 is 0 Å². The summed E-state index contributed by atoms with van der Waals surface area (Å²) in [7, 11) is -3.79. The van der Waals surface area contributed by atoms with Crippen LogP contribution in [0.1, 0.15) is 12.0 Å². The minimum atomic E-state index is -3.79. The number of anilines is 2. The molecule has 0 bridgehead atoms. The first kappa shape index (κ1) is 15.3. The molecule has 0 fully saturated rings. The first-order valence-corrected chi connectivity index (χ1v) is 8.21. The van der Waals surface area contributed by atoms with Gasteiger partial charge in [-0.3, -0.25) is 0 Å². The maximum absolute atomic E-state index is 11.5. The molecule has 0 saturated carbocycles. The molecule has 21 heavy (non-hydrogen) atoms. The second-order valence-corrected chi connectivity index (χ2v) is 6.35. The molecule has 2 rings (SSSR count). The van der Waals surface area contributed by atoms with Gasteiger partial charge in [-0.15, -0.1) is 0 Å². The van der Waals surface area contributed by atoms with Crippen molar-refractivity contribution in [1.82, 2.24) is 0 Å². The van der Waals surface area contributed by atoms with Gasteiger partial charge in [-0.05, 0) is 36.6 Å². The van der Waals surface area contributed by atoms with Gasteiger partial charge in [0.1, 0.15) is 4.90 Å². The largest absolute Gasteiger partial charge is 0.399 e. The van der Waals surface area contributed by atoms with Crippen molar-refractivity contribution in [3.63, 3.8) is 0 Å². The number of nitrogens with two attached hydrogens (primary N) is 2. The Morgan fingerprint density at radius 1 is 1.05 bits per heavy atom. The predicted octanol–water partition coefficient (Wildman–Crippen LogP) is 1.96. The molecular weight excluding hydrogens is 286 g/mol. The lowest BCUT2D eigenvalue weighted by Gasteiger charge is -2.11. The second-order valence-electron chi connectivity index (χ2n) is 4.82. The molecule has 0 atom stereocenters. The summed E-state index contributed by atoms with van der Waals surface area (Å²) in [4.78, 5) is 0.0298. The Balaban J connectivity index is 1.98. The Morgan fingerprint density at radius 3 is 2.43 bits per heavy atom. The van der Waals surface area contributed by atoms with Gasteiger partial charge in [0.15, 0.2) is 0 Å². The zero-order chi connectivity index (χ0) is 15.3. The van der Waals surface area contributed by atoms with E-state index in [1.807, 2.05) is 18.2 Å². The number of hydrogen-bond donors (Lipinski definition) is 3. The van der Waals surface area contributed by atoms with Crippen LogP contribution in [0.2, 0.25) is 0 Å². The zero-order valence-electron chi connectivity index (χ0n) is 11.6. The molecule has 0 heterocycles. The van der Waals surface area contributed by atoms with E-state index in [4.69, 9.17) is 10.9 Å². The Kier molecular flexibility index (Phi) is 4.82. The highest BCUT2D eigenvalue weighted by Gasteiger charge is 2.13. The highest BCUT2D eigenvalue weighted by molar-refractivity contribution is 7.89. The number of nitrogens with one attached hydrogen (secondary N) is 1. The summed E-state index contributed by atoms with van der Waals surface area (Å²) in [6.45, 7) is 0.654. The molecule has 0 amide bonds. The van der Waals surface area contributed by atoms with Crippen LogP contribution in [0.15, 0.2) is 53.4 Å². The molecule has 0 aromatic heterocycles. The lowest BCUT2D eigenvalue weighted by molar-refractivity contribution is 0.598. The number of benzene rings is 2. The molecule has 0 radical (unpaired) electrons. The predicted molar refractivity (Wildman–Crippen MR) is 85.5 cm³/mol. The minimum Gasteiger partial charge on any atom is -0.399 e. The lowest BCUT2D eigenvalue weighted by Crippen LogP contribution is -2.16. The molecule has 2 aromatic rings. The smallest absolute Gasteiger partial charge is 0.240 e. The number of rotatable bonds is 6. The third-order valence-electron chi connectivity index (χ3n) is 3.11. The summed E-state index contributed by atoms with van der Waals surface area (Å²) in [5.74, 6) is 0. The van der Waals surface area contributed by atoms with Gasteiger partial charge in [-0.25, -0.2) is 13.6 Å². The van der Waals surface area contributed by atoms with Crippen LogP contribution < -0.4 is 16.2 Å². The summed E-state index contributed by atoms with van der Waals surface area (Å²) in [6.07, 6.45) is 1.81. The number of aryl methyl sites for hydroxylation is 1. The van der Waals surface area contributed by atoms with Crippen LogP contribution in [-0.2, 0) is 16.4 Å². The fourth-order valence-corrected chi connectivity index (χ4v) is 2.83. The van der Waals surface area contributed by atoms with Crippen molar-refractivity contribution >= 4 is 21.4 Å². The van der Waals surface area contributed by atoms with E-state index in [9.17, 15) is 8.42 Å². The van der Waals surface area contributed by atoms with Crippen LogP contribution >= 0.6 is 0 Å². The number of primary sulfonamides is 1. The van der Waals surface area contributed by atoms with Crippen LogP contribution in [0, 0.1) is 0 Å². The van der Waals surface area contributed by atoms with E-state index in [0.717, 1.165) is 12.8 Å². The molecule has 112 valence electrons. The van der Waals surface area contributed by atoms with E-state index in [2.05, 4.69) is 17.4 Å². The van der Waals surface area contributed by atoms with E-state index in [1.165, 1.54) is 11.6 Å². The lowest BCUT2D eigenvalue weighted by atomic mass is 10.1. The topological polar surface area (TPSA) is 98.2 Å². The first-order chi connectivity index (χ1) is 9.97. The van der Waals surface area contributed by atoms with Gasteiger partial charge in [-0.1, -0.05) is 30.3 Å². The molecule has 5 N–H and O–H groups in total. The summed E-state index contributed by atoms with van der Waals surface area (Å²) in [6, 6.07) is 14.8. The van der Waals surface area contributed by atoms with E-state index in [0.29, 0.717) is 17.9 Å². The van der Waals surface area contributed by atoms with Crippen LogP contribution in [0.4, 0.5) is 11.4 Å². The van der Waals surface area contributed by atoms with Gasteiger partial charge in [0.05, 0.1) is 5.69 Å². The average molecular weight is 305 g/mol. The third-order valence-corrected chi connectivity index (χ3v) is 4.06. The maximum atomic E-state index is 11.5. The average Bonchev–Trinajstić information content (AvgIpc) is 2.45. The third kappa shape index (κ3) is 4.47. The van der Waals surface area contributed by atoms with Crippen molar-refractivity contribution in [1.29, 1.82) is 0 Å². The fraction of sp³-hybridized carbons (Fsp3) is 0.200. The van der Waals surface area contributed by atoms with Crippen molar-refractivity contribution < 1.29 is 8.42 Å². The van der Waals surface area contributed by atoms with E-state index in [1.54, 1.807) is 12.1 Å². The molecule has 0 aliphatic heterocycles. The SMILES string of the molecule is Nc1ccc(NCCCc2ccccc2)c(S(N)(=O)=O)c1. The summed E-state index contributed by atoms with van der Waals surface area (Å²) in [5, 5.41) is 8.30. The zero-order valence-corrected chi connectivity index (χ0v) is 12.4. The van der Waals surface area contributed by atoms with Gasteiger partial charge in [0.2, 0.25) is 10.0 Å². The highest BCUT2D eigenvalue weighted by Crippen LogP contribution is 2.22. The first-order valence-electron chi connectivity index (χ1n) is 6.67. The molecule has 5 nitrogen and oxygen atoms in total. The van der Waals surface area contributed by atoms with E-state index in [-0.39, 0.29) is 4.90 Å². The number of hydrogen-bond acceptors (Lipinski definition) is 4. The van der Waals surface area contributed by atoms with Crippen molar-refractivity contribution in [3.05, 3.63) is 54.1 Å². The fourth-order valence-electron chi connectivity index (χ4n) is 2.08. The second kappa shape index (κ2) is 6.60. The molecule has 0 aliphatic rings. The molecule has 0 aliphatic carbocycles. The highest BCUT2D eigenvalue weighted by atomic mass is 32.2. The number of sulfonamides is 1. The monoisotopic (exact) mass is 305 g/mol. The van der Waals surface area contributed by atoms with Crippen LogP contribution in [-0.4, -0.2) is 15.0 Å². The minimum absolute atomic E-state index is 0.0298. The van der Waals surface area contributed by atoms with Crippen molar-refractivity contribution in [3.8, 4) is 0 Å². The Bertz CT molecular complexity index is 700. The van der Waals surface area contributed by atoms with E-state index < -0.39 is 10.0 Å². The Labute approximate surface area is 125 Å². The van der Waals surface area contributed by atoms with Gasteiger partial charge >= 0.3 is 0 Å². The molecule has 0 unspecified atom stereocenters. The summed E-state index contributed by atoms with van der Waals surface area (Å²) >= 11 is 0. The van der Waals surface area contributed by atoms with Gasteiger partial charge in [-0.2, -0.15) is 0 Å². The molecule has 0 saturated heterocycles. The van der Waals surface area contributed by atoms with Crippen molar-refractivity contribution in [2.75, 3.05) is 17.6 Å². The summed E-state index contributed by atoms with van der Waals surface area (Å²) in [5.41, 5.74) is 7.72. The van der Waals surface area contributed by atoms with Gasteiger partial charge in [0, 0.05) is 12.2 Å². The Morgan fingerprint density at radius 2 is 1.76 bits per heavy atom. The molecule has 2 aromatic carbocycles. The quantitative estimate of drug-likeness (QED) is 0.561. The van der Waals surface area contributed by atoms with Crippen molar-refractivity contribution in [2.45, 2.75) is 17.7 Å². The molecule has 6 heteroatoms. The van der Waals surface area contributed by atoms with Crippen molar-refractivity contribution in [2.24, 2.45) is 5.14 Å². The summed E-state index contributed by atoms with van der Waals surface area (Å²) < 4.78 is 23.1. The maximum Gasteiger partial charge on any atom is 0.240 e. The number of nitrogen functional groups attached to an aromatic ring is 1. The molecular formula is C15H19N3O2S. The standard InChI is InChI=1S/C15H19N3O2S/c16-13-8-9-14(15(11-13)21(17,19)20)18-10-4-7-12-5-2-1-3-6-12/h1-3,5-6,8-9,11,18H,4,7,10,16H2,(H2,17,19,20). The Hall–Kier alpha value is -2.05. The van der Waals surface area contributed by atoms with Gasteiger partial charge < -0.3 is 11.1 Å². The van der Waals surface area contributed by atoms with Crippen LogP contribution in [0.5, 0.6) is 0 Å². The van der Waals surface area contributed by atoms with Gasteiger partial charge in [0.25, 0.3) is 0 Å². The molecule has 0 spiro atoms. The van der Waals surface area contributed by atoms with Crippen LogP contribution in [0.3, 0.4) is 0 Å². The normalized spacial score (nSPS) is 11.3.